The molecule has 2 rings (SSSR count). The van der Waals surface area contributed by atoms with Crippen molar-refractivity contribution in [3.05, 3.63) is 16.1 Å². The van der Waals surface area contributed by atoms with Gasteiger partial charge in [0.25, 0.3) is 0 Å². The molecule has 0 spiro atoms. The summed E-state index contributed by atoms with van der Waals surface area (Å²) in [6.07, 6.45) is 3.74. The van der Waals surface area contributed by atoms with Gasteiger partial charge in [0.1, 0.15) is 5.01 Å². The zero-order valence-corrected chi connectivity index (χ0v) is 10.7. The second kappa shape index (κ2) is 5.32. The van der Waals surface area contributed by atoms with Crippen LogP contribution in [0.5, 0.6) is 0 Å². The van der Waals surface area contributed by atoms with Gasteiger partial charge < -0.3 is 5.73 Å². The van der Waals surface area contributed by atoms with Crippen LogP contribution in [-0.2, 0) is 0 Å². The van der Waals surface area contributed by atoms with Crippen LogP contribution in [0.2, 0.25) is 0 Å². The minimum atomic E-state index is 0.460. The summed E-state index contributed by atoms with van der Waals surface area (Å²) in [6.45, 7) is 2.90. The standard InChI is InChI=1S/C11H18N2S2/c1-2-8(6-12)9-7-15-11(13-9)10-4-3-5-14-10/h7-8,10H,2-6,12H2,1H3. The molecule has 84 valence electrons. The number of nitrogens with two attached hydrogens (primary N) is 1. The molecule has 15 heavy (non-hydrogen) atoms. The van der Waals surface area contributed by atoms with Crippen molar-refractivity contribution >= 4 is 23.1 Å². The largest absolute Gasteiger partial charge is 0.330 e. The second-order valence-corrected chi connectivity index (χ2v) is 6.15. The van der Waals surface area contributed by atoms with Gasteiger partial charge >= 0.3 is 0 Å². The lowest BCUT2D eigenvalue weighted by molar-refractivity contribution is 0.654. The van der Waals surface area contributed by atoms with Gasteiger partial charge in [-0.05, 0) is 25.0 Å². The van der Waals surface area contributed by atoms with E-state index in [1.807, 2.05) is 11.3 Å². The average molecular weight is 242 g/mol. The fourth-order valence-corrected chi connectivity index (χ4v) is 4.34. The molecule has 2 nitrogen and oxygen atoms in total. The fourth-order valence-electron chi connectivity index (χ4n) is 1.91. The number of aromatic nitrogens is 1. The van der Waals surface area contributed by atoms with E-state index in [9.17, 15) is 0 Å². The monoisotopic (exact) mass is 242 g/mol. The van der Waals surface area contributed by atoms with Gasteiger partial charge in [-0.2, -0.15) is 11.8 Å². The van der Waals surface area contributed by atoms with Crippen LogP contribution in [0.25, 0.3) is 0 Å². The molecule has 0 saturated carbocycles. The van der Waals surface area contributed by atoms with E-state index in [4.69, 9.17) is 10.7 Å². The summed E-state index contributed by atoms with van der Waals surface area (Å²) in [5.74, 6) is 1.76. The molecule has 0 amide bonds. The molecule has 2 N–H and O–H groups in total. The Kier molecular flexibility index (Phi) is 4.05. The lowest BCUT2D eigenvalue weighted by atomic mass is 10.0. The van der Waals surface area contributed by atoms with Gasteiger partial charge in [0.15, 0.2) is 0 Å². The molecule has 0 radical (unpaired) electrons. The Morgan fingerprint density at radius 2 is 2.53 bits per heavy atom. The third kappa shape index (κ3) is 2.55. The molecule has 0 aliphatic carbocycles. The molecule has 2 atom stereocenters. The summed E-state index contributed by atoms with van der Waals surface area (Å²) < 4.78 is 0. The molecule has 0 bridgehead atoms. The van der Waals surface area contributed by atoms with E-state index in [0.717, 1.165) is 13.0 Å². The van der Waals surface area contributed by atoms with E-state index < -0.39 is 0 Å². The van der Waals surface area contributed by atoms with Gasteiger partial charge in [-0.1, -0.05) is 6.92 Å². The first kappa shape index (κ1) is 11.4. The Balaban J connectivity index is 2.08. The highest BCUT2D eigenvalue weighted by molar-refractivity contribution is 7.99. The molecule has 4 heteroatoms. The van der Waals surface area contributed by atoms with Crippen LogP contribution in [0.15, 0.2) is 5.38 Å². The minimum Gasteiger partial charge on any atom is -0.330 e. The molecule has 1 saturated heterocycles. The maximum Gasteiger partial charge on any atom is 0.106 e. The van der Waals surface area contributed by atoms with Gasteiger partial charge in [-0.25, -0.2) is 4.98 Å². The Hall–Kier alpha value is -0.0600. The molecule has 1 aromatic heterocycles. The number of thioether (sulfide) groups is 1. The summed E-state index contributed by atoms with van der Waals surface area (Å²) in [4.78, 5) is 4.75. The number of hydrogen-bond donors (Lipinski definition) is 1. The summed E-state index contributed by atoms with van der Waals surface area (Å²) in [5, 5.41) is 4.19. The SMILES string of the molecule is CCC(CN)c1csc(C2CCCS2)n1. The highest BCUT2D eigenvalue weighted by Gasteiger charge is 2.22. The van der Waals surface area contributed by atoms with Crippen molar-refractivity contribution in [2.24, 2.45) is 5.73 Å². The van der Waals surface area contributed by atoms with Crippen molar-refractivity contribution < 1.29 is 0 Å². The molecule has 1 aliphatic heterocycles. The Labute approximate surface area is 99.7 Å². The maximum absolute atomic E-state index is 5.74. The number of hydrogen-bond acceptors (Lipinski definition) is 4. The predicted octanol–water partition coefficient (Wildman–Crippen LogP) is 3.16. The summed E-state index contributed by atoms with van der Waals surface area (Å²) in [7, 11) is 0. The average Bonchev–Trinajstić information content (AvgIpc) is 2.89. The molecule has 1 aromatic rings. The fraction of sp³-hybridized carbons (Fsp3) is 0.727. The summed E-state index contributed by atoms with van der Waals surface area (Å²) in [6, 6.07) is 0. The Bertz CT molecular complexity index is 285. The lowest BCUT2D eigenvalue weighted by Gasteiger charge is -2.08. The second-order valence-electron chi connectivity index (χ2n) is 3.95. The van der Waals surface area contributed by atoms with E-state index in [2.05, 4.69) is 24.1 Å². The van der Waals surface area contributed by atoms with Gasteiger partial charge in [-0.15, -0.1) is 11.3 Å². The third-order valence-corrected chi connectivity index (χ3v) is 5.45. The summed E-state index contributed by atoms with van der Waals surface area (Å²) in [5.41, 5.74) is 6.95. The van der Waals surface area contributed by atoms with Gasteiger partial charge in [0, 0.05) is 17.8 Å². The number of thiazole rings is 1. The third-order valence-electron chi connectivity index (χ3n) is 2.94. The highest BCUT2D eigenvalue weighted by Crippen LogP contribution is 2.41. The smallest absolute Gasteiger partial charge is 0.106 e. The number of nitrogens with zero attached hydrogens (tertiary/aromatic N) is 1. The van der Waals surface area contributed by atoms with Crippen molar-refractivity contribution in [1.82, 2.24) is 4.98 Å². The first-order chi connectivity index (χ1) is 7.35. The molecule has 2 heterocycles. The molecule has 1 aliphatic rings. The lowest BCUT2D eigenvalue weighted by Crippen LogP contribution is -2.11. The van der Waals surface area contributed by atoms with E-state index in [1.165, 1.54) is 29.3 Å². The predicted molar refractivity (Wildman–Crippen MR) is 68.6 cm³/mol. The quantitative estimate of drug-likeness (QED) is 0.881. The van der Waals surface area contributed by atoms with Crippen LogP contribution in [-0.4, -0.2) is 17.3 Å². The van der Waals surface area contributed by atoms with E-state index in [1.54, 1.807) is 0 Å². The van der Waals surface area contributed by atoms with Crippen LogP contribution in [0.4, 0.5) is 0 Å². The van der Waals surface area contributed by atoms with Gasteiger partial charge in [0.2, 0.25) is 0 Å². The van der Waals surface area contributed by atoms with Crippen LogP contribution in [0.3, 0.4) is 0 Å². The van der Waals surface area contributed by atoms with E-state index >= 15 is 0 Å². The topological polar surface area (TPSA) is 38.9 Å². The molecule has 0 aromatic carbocycles. The highest BCUT2D eigenvalue weighted by atomic mass is 32.2. The number of rotatable bonds is 4. The van der Waals surface area contributed by atoms with Crippen molar-refractivity contribution in [2.45, 2.75) is 37.4 Å². The molecular weight excluding hydrogens is 224 g/mol. The molecule has 2 unspecified atom stereocenters. The maximum atomic E-state index is 5.74. The summed E-state index contributed by atoms with van der Waals surface area (Å²) >= 11 is 3.87. The van der Waals surface area contributed by atoms with Crippen LogP contribution < -0.4 is 5.73 Å². The van der Waals surface area contributed by atoms with Crippen molar-refractivity contribution in [3.63, 3.8) is 0 Å². The van der Waals surface area contributed by atoms with Gasteiger partial charge in [-0.3, -0.25) is 0 Å². The molecular formula is C11H18N2S2. The van der Waals surface area contributed by atoms with E-state index in [-0.39, 0.29) is 0 Å². The normalized spacial score (nSPS) is 23.2. The van der Waals surface area contributed by atoms with E-state index in [0.29, 0.717) is 11.2 Å². The Morgan fingerprint density at radius 1 is 1.67 bits per heavy atom. The van der Waals surface area contributed by atoms with Gasteiger partial charge in [0.05, 0.1) is 10.9 Å². The Morgan fingerprint density at radius 3 is 3.13 bits per heavy atom. The zero-order valence-electron chi connectivity index (χ0n) is 9.11. The zero-order chi connectivity index (χ0) is 10.7. The first-order valence-corrected chi connectivity index (χ1v) is 7.55. The molecule has 1 fully saturated rings. The minimum absolute atomic E-state index is 0.460. The first-order valence-electron chi connectivity index (χ1n) is 5.62. The van der Waals surface area contributed by atoms with Crippen molar-refractivity contribution in [1.29, 1.82) is 0 Å². The van der Waals surface area contributed by atoms with Crippen LogP contribution in [0, 0.1) is 0 Å². The van der Waals surface area contributed by atoms with Crippen molar-refractivity contribution in [2.75, 3.05) is 12.3 Å². The van der Waals surface area contributed by atoms with Crippen LogP contribution >= 0.6 is 23.1 Å². The van der Waals surface area contributed by atoms with Crippen molar-refractivity contribution in [3.8, 4) is 0 Å². The van der Waals surface area contributed by atoms with Crippen LogP contribution in [0.1, 0.15) is 48.1 Å².